The largest absolute Gasteiger partial charge is 0.508 e. The first-order valence-electron chi connectivity index (χ1n) is 6.59. The number of anilines is 1. The molecule has 0 fully saturated rings. The van der Waals surface area contributed by atoms with Gasteiger partial charge in [-0.05, 0) is 48.5 Å². The van der Waals surface area contributed by atoms with Gasteiger partial charge < -0.3 is 15.7 Å². The summed E-state index contributed by atoms with van der Waals surface area (Å²) in [5.74, 6) is -0.0428. The molecule has 0 saturated carbocycles. The number of phenols is 1. The van der Waals surface area contributed by atoms with Gasteiger partial charge >= 0.3 is 0 Å². The van der Waals surface area contributed by atoms with E-state index < -0.39 is 0 Å². The Hall–Kier alpha value is -2.33. The van der Waals surface area contributed by atoms with Crippen molar-refractivity contribution >= 4 is 11.6 Å². The van der Waals surface area contributed by atoms with Gasteiger partial charge in [0.2, 0.25) is 0 Å². The molecule has 104 valence electrons. The number of phenolic OH excluding ortho intramolecular Hbond substituents is 1. The molecule has 0 bridgehead atoms. The number of carbonyl (C=O) groups is 1. The molecule has 2 aromatic carbocycles. The van der Waals surface area contributed by atoms with E-state index in [2.05, 4.69) is 17.6 Å². The van der Waals surface area contributed by atoms with Crippen LogP contribution in [0.5, 0.6) is 5.75 Å². The van der Waals surface area contributed by atoms with E-state index in [4.69, 9.17) is 0 Å². The number of amides is 1. The minimum atomic E-state index is -0.190. The van der Waals surface area contributed by atoms with Crippen molar-refractivity contribution in [3.05, 3.63) is 59.7 Å². The quantitative estimate of drug-likeness (QED) is 0.783. The first-order chi connectivity index (χ1) is 9.69. The Morgan fingerprint density at radius 2 is 1.70 bits per heavy atom. The fourth-order valence-corrected chi connectivity index (χ4v) is 1.79. The van der Waals surface area contributed by atoms with Gasteiger partial charge in [0.15, 0.2) is 0 Å². The third kappa shape index (κ3) is 3.83. The van der Waals surface area contributed by atoms with Crippen LogP contribution >= 0.6 is 0 Å². The molecule has 0 radical (unpaired) electrons. The van der Waals surface area contributed by atoms with Crippen molar-refractivity contribution in [3.63, 3.8) is 0 Å². The molecule has 0 aliphatic rings. The minimum Gasteiger partial charge on any atom is -0.508 e. The van der Waals surface area contributed by atoms with E-state index in [9.17, 15) is 9.90 Å². The number of benzene rings is 2. The van der Waals surface area contributed by atoms with Gasteiger partial charge in [0, 0.05) is 17.8 Å². The first-order valence-corrected chi connectivity index (χ1v) is 6.59. The topological polar surface area (TPSA) is 61.4 Å². The van der Waals surface area contributed by atoms with Gasteiger partial charge in [-0.3, -0.25) is 4.79 Å². The number of carbonyl (C=O) groups excluding carboxylic acids is 1. The molecular formula is C16H18N2O2. The van der Waals surface area contributed by atoms with Crippen LogP contribution in [0.1, 0.15) is 22.8 Å². The fourth-order valence-electron chi connectivity index (χ4n) is 1.79. The Labute approximate surface area is 118 Å². The zero-order valence-electron chi connectivity index (χ0n) is 11.4. The Morgan fingerprint density at radius 3 is 2.30 bits per heavy atom. The summed E-state index contributed by atoms with van der Waals surface area (Å²) in [6.45, 7) is 3.81. The van der Waals surface area contributed by atoms with Gasteiger partial charge in [0.05, 0.1) is 0 Å². The summed E-state index contributed by atoms with van der Waals surface area (Å²) in [5, 5.41) is 15.3. The molecule has 0 spiro atoms. The Morgan fingerprint density at radius 1 is 1.05 bits per heavy atom. The van der Waals surface area contributed by atoms with Crippen LogP contribution < -0.4 is 10.6 Å². The van der Waals surface area contributed by atoms with Crippen molar-refractivity contribution in [2.24, 2.45) is 0 Å². The Kier molecular flexibility index (Phi) is 4.74. The second-order valence-electron chi connectivity index (χ2n) is 4.48. The van der Waals surface area contributed by atoms with Crippen LogP contribution in [0.3, 0.4) is 0 Å². The summed E-state index contributed by atoms with van der Waals surface area (Å²) < 4.78 is 0. The fraction of sp³-hybridized carbons (Fsp3) is 0.188. The SMILES string of the molecule is CCNCc1ccc(NC(=O)c2ccc(O)cc2)cc1. The predicted octanol–water partition coefficient (Wildman–Crippen LogP) is 2.75. The van der Waals surface area contributed by atoms with Crippen molar-refractivity contribution in [2.45, 2.75) is 13.5 Å². The standard InChI is InChI=1S/C16H18N2O2/c1-2-17-11-12-3-7-14(8-4-12)18-16(20)13-5-9-15(19)10-6-13/h3-10,17,19H,2,11H2,1H3,(H,18,20). The molecule has 0 saturated heterocycles. The van der Waals surface area contributed by atoms with Crippen LogP contribution in [0.15, 0.2) is 48.5 Å². The van der Waals surface area contributed by atoms with Crippen LogP contribution in [0.4, 0.5) is 5.69 Å². The third-order valence-electron chi connectivity index (χ3n) is 2.92. The number of nitrogens with one attached hydrogen (secondary N) is 2. The molecule has 0 aromatic heterocycles. The van der Waals surface area contributed by atoms with Crippen molar-refractivity contribution in [1.29, 1.82) is 0 Å². The van der Waals surface area contributed by atoms with Crippen LogP contribution in [0.25, 0.3) is 0 Å². The summed E-state index contributed by atoms with van der Waals surface area (Å²) in [4.78, 5) is 12.0. The van der Waals surface area contributed by atoms with Gasteiger partial charge in [-0.1, -0.05) is 19.1 Å². The molecule has 4 nitrogen and oxygen atoms in total. The van der Waals surface area contributed by atoms with Crippen LogP contribution in [0, 0.1) is 0 Å². The second kappa shape index (κ2) is 6.73. The first kappa shape index (κ1) is 14.1. The van der Waals surface area contributed by atoms with E-state index in [1.165, 1.54) is 17.7 Å². The summed E-state index contributed by atoms with van der Waals surface area (Å²) in [5.41, 5.74) is 2.44. The Bertz CT molecular complexity index is 562. The molecule has 2 rings (SSSR count). The molecule has 2 aromatic rings. The minimum absolute atomic E-state index is 0.148. The van der Waals surface area contributed by atoms with Crippen molar-refractivity contribution in [2.75, 3.05) is 11.9 Å². The van der Waals surface area contributed by atoms with E-state index in [1.807, 2.05) is 24.3 Å². The predicted molar refractivity (Wildman–Crippen MR) is 79.9 cm³/mol. The lowest BCUT2D eigenvalue weighted by atomic mass is 10.1. The summed E-state index contributed by atoms with van der Waals surface area (Å²) >= 11 is 0. The summed E-state index contributed by atoms with van der Waals surface area (Å²) in [7, 11) is 0. The molecule has 0 aliphatic heterocycles. The van der Waals surface area contributed by atoms with E-state index in [-0.39, 0.29) is 11.7 Å². The summed E-state index contributed by atoms with van der Waals surface area (Å²) in [6.07, 6.45) is 0. The smallest absolute Gasteiger partial charge is 0.255 e. The van der Waals surface area contributed by atoms with Crippen molar-refractivity contribution in [1.82, 2.24) is 5.32 Å². The molecule has 3 N–H and O–H groups in total. The highest BCUT2D eigenvalue weighted by Crippen LogP contribution is 2.13. The molecule has 0 unspecified atom stereocenters. The number of rotatable bonds is 5. The maximum Gasteiger partial charge on any atom is 0.255 e. The number of aromatic hydroxyl groups is 1. The van der Waals surface area contributed by atoms with E-state index in [0.717, 1.165) is 18.8 Å². The van der Waals surface area contributed by atoms with Crippen molar-refractivity contribution in [3.8, 4) is 5.75 Å². The average molecular weight is 270 g/mol. The van der Waals surface area contributed by atoms with Gasteiger partial charge in [-0.15, -0.1) is 0 Å². The molecule has 4 heteroatoms. The van der Waals surface area contributed by atoms with E-state index in [0.29, 0.717) is 5.56 Å². The van der Waals surface area contributed by atoms with Gasteiger partial charge in [0.25, 0.3) is 5.91 Å². The normalized spacial score (nSPS) is 10.2. The molecule has 0 aliphatic carbocycles. The third-order valence-corrected chi connectivity index (χ3v) is 2.92. The average Bonchev–Trinajstić information content (AvgIpc) is 2.47. The Balaban J connectivity index is 1.99. The lowest BCUT2D eigenvalue weighted by Crippen LogP contribution is -2.13. The highest BCUT2D eigenvalue weighted by atomic mass is 16.3. The van der Waals surface area contributed by atoms with Crippen LogP contribution in [0.2, 0.25) is 0 Å². The van der Waals surface area contributed by atoms with Gasteiger partial charge in [-0.2, -0.15) is 0 Å². The number of hydrogen-bond donors (Lipinski definition) is 3. The second-order valence-corrected chi connectivity index (χ2v) is 4.48. The highest BCUT2D eigenvalue weighted by molar-refractivity contribution is 6.04. The maximum absolute atomic E-state index is 12.0. The van der Waals surface area contributed by atoms with E-state index >= 15 is 0 Å². The zero-order chi connectivity index (χ0) is 14.4. The number of hydrogen-bond acceptors (Lipinski definition) is 3. The molecule has 1 amide bonds. The molecular weight excluding hydrogens is 252 g/mol. The lowest BCUT2D eigenvalue weighted by Gasteiger charge is -2.07. The molecule has 20 heavy (non-hydrogen) atoms. The lowest BCUT2D eigenvalue weighted by molar-refractivity contribution is 0.102. The van der Waals surface area contributed by atoms with Gasteiger partial charge in [-0.25, -0.2) is 0 Å². The van der Waals surface area contributed by atoms with E-state index in [1.54, 1.807) is 12.1 Å². The highest BCUT2D eigenvalue weighted by Gasteiger charge is 2.05. The van der Waals surface area contributed by atoms with Crippen molar-refractivity contribution < 1.29 is 9.90 Å². The maximum atomic E-state index is 12.0. The van der Waals surface area contributed by atoms with Crippen LogP contribution in [-0.4, -0.2) is 17.6 Å². The van der Waals surface area contributed by atoms with Crippen LogP contribution in [-0.2, 0) is 6.54 Å². The van der Waals surface area contributed by atoms with Gasteiger partial charge in [0.1, 0.15) is 5.75 Å². The molecule has 0 atom stereocenters. The zero-order valence-corrected chi connectivity index (χ0v) is 11.4. The summed E-state index contributed by atoms with van der Waals surface area (Å²) in [6, 6.07) is 13.9. The molecule has 0 heterocycles. The monoisotopic (exact) mass is 270 g/mol.